The summed E-state index contributed by atoms with van der Waals surface area (Å²) in [6, 6.07) is 1.74. The van der Waals surface area contributed by atoms with Crippen molar-refractivity contribution in [2.75, 3.05) is 7.11 Å². The van der Waals surface area contributed by atoms with Crippen LogP contribution in [0.3, 0.4) is 0 Å². The van der Waals surface area contributed by atoms with Crippen LogP contribution in [-0.4, -0.2) is 38.4 Å². The molecule has 7 heteroatoms. The van der Waals surface area contributed by atoms with Crippen LogP contribution < -0.4 is 0 Å². The van der Waals surface area contributed by atoms with E-state index < -0.39 is 5.97 Å². The Morgan fingerprint density at radius 1 is 1.59 bits per heavy atom. The molecule has 0 aliphatic rings. The zero-order valence-electron chi connectivity index (χ0n) is 9.44. The predicted molar refractivity (Wildman–Crippen MR) is 58.6 cm³/mol. The lowest BCUT2D eigenvalue weighted by Crippen LogP contribution is -1.99. The molecule has 0 radical (unpaired) electrons. The van der Waals surface area contributed by atoms with Gasteiger partial charge < -0.3 is 14.8 Å². The standard InChI is InChI=1S/C10H12N4O3/c1-5-3-6(14-13-5)8-9(10(15)16)12-7(11-8)4-17-2/h3H,4H2,1-2H3,(H,11,12)(H,13,14)(H,15,16). The Labute approximate surface area is 96.8 Å². The third-order valence-corrected chi connectivity index (χ3v) is 2.20. The normalized spacial score (nSPS) is 10.7. The fourth-order valence-corrected chi connectivity index (χ4v) is 1.51. The first-order valence-corrected chi connectivity index (χ1v) is 4.95. The van der Waals surface area contributed by atoms with Gasteiger partial charge >= 0.3 is 5.97 Å². The predicted octanol–water partition coefficient (Wildman–Crippen LogP) is 0.953. The average molecular weight is 236 g/mol. The molecule has 2 aromatic heterocycles. The minimum absolute atomic E-state index is 0.0172. The molecule has 17 heavy (non-hydrogen) atoms. The highest BCUT2D eigenvalue weighted by Crippen LogP contribution is 2.20. The highest BCUT2D eigenvalue weighted by molar-refractivity contribution is 5.92. The zero-order chi connectivity index (χ0) is 12.4. The van der Waals surface area contributed by atoms with E-state index in [0.717, 1.165) is 5.69 Å². The van der Waals surface area contributed by atoms with Crippen molar-refractivity contribution >= 4 is 5.97 Å². The van der Waals surface area contributed by atoms with Gasteiger partial charge in [-0.25, -0.2) is 9.78 Å². The number of methoxy groups -OCH3 is 1. The summed E-state index contributed by atoms with van der Waals surface area (Å²) in [6.45, 7) is 2.06. The van der Waals surface area contributed by atoms with E-state index in [1.54, 1.807) is 6.07 Å². The quantitative estimate of drug-likeness (QED) is 0.733. The number of rotatable bonds is 4. The SMILES string of the molecule is COCc1nc(-c2cc(C)[nH]n2)c(C(=O)O)[nH]1. The Morgan fingerprint density at radius 2 is 2.35 bits per heavy atom. The molecule has 3 N–H and O–H groups in total. The number of carboxylic acids is 1. The number of carboxylic acid groups (broad SMARTS) is 1. The molecule has 7 nitrogen and oxygen atoms in total. The lowest BCUT2D eigenvalue weighted by molar-refractivity contribution is 0.0691. The smallest absolute Gasteiger partial charge is 0.354 e. The van der Waals surface area contributed by atoms with Crippen LogP contribution in [0.15, 0.2) is 6.07 Å². The highest BCUT2D eigenvalue weighted by Gasteiger charge is 2.19. The zero-order valence-corrected chi connectivity index (χ0v) is 9.44. The number of carbonyl (C=O) groups is 1. The first-order valence-electron chi connectivity index (χ1n) is 4.95. The van der Waals surface area contributed by atoms with Gasteiger partial charge in [-0.2, -0.15) is 5.10 Å². The van der Waals surface area contributed by atoms with Gasteiger partial charge in [-0.3, -0.25) is 5.10 Å². The number of hydrogen-bond donors (Lipinski definition) is 3. The molecule has 0 aromatic carbocycles. The Morgan fingerprint density at radius 3 is 2.88 bits per heavy atom. The highest BCUT2D eigenvalue weighted by atomic mass is 16.5. The fourth-order valence-electron chi connectivity index (χ4n) is 1.51. The molecular formula is C10H12N4O3. The monoisotopic (exact) mass is 236 g/mol. The van der Waals surface area contributed by atoms with E-state index in [9.17, 15) is 4.79 Å². The second kappa shape index (κ2) is 4.38. The third kappa shape index (κ3) is 2.18. The molecule has 0 saturated heterocycles. The van der Waals surface area contributed by atoms with Gasteiger partial charge in [0.15, 0.2) is 5.69 Å². The number of H-pyrrole nitrogens is 2. The minimum Gasteiger partial charge on any atom is -0.477 e. The molecule has 2 rings (SSSR count). The van der Waals surface area contributed by atoms with Crippen LogP contribution in [0.5, 0.6) is 0 Å². The molecule has 0 amide bonds. The molecule has 0 saturated carbocycles. The van der Waals surface area contributed by atoms with Gasteiger partial charge in [-0.1, -0.05) is 0 Å². The first-order chi connectivity index (χ1) is 8.11. The van der Waals surface area contributed by atoms with Crippen LogP contribution in [0.25, 0.3) is 11.4 Å². The summed E-state index contributed by atoms with van der Waals surface area (Å²) in [7, 11) is 1.52. The number of hydrogen-bond acceptors (Lipinski definition) is 4. The molecule has 2 heterocycles. The van der Waals surface area contributed by atoms with E-state index in [4.69, 9.17) is 9.84 Å². The van der Waals surface area contributed by atoms with Crippen molar-refractivity contribution < 1.29 is 14.6 Å². The van der Waals surface area contributed by atoms with Crippen molar-refractivity contribution in [2.24, 2.45) is 0 Å². The Balaban J connectivity index is 2.47. The van der Waals surface area contributed by atoms with Gasteiger partial charge in [0.05, 0.1) is 0 Å². The molecule has 0 aliphatic heterocycles. The number of imidazole rings is 1. The van der Waals surface area contributed by atoms with E-state index >= 15 is 0 Å². The van der Waals surface area contributed by atoms with Crippen LogP contribution in [0.4, 0.5) is 0 Å². The van der Waals surface area contributed by atoms with E-state index in [0.29, 0.717) is 17.2 Å². The molecule has 90 valence electrons. The maximum Gasteiger partial charge on any atom is 0.354 e. The number of aromatic carboxylic acids is 1. The van der Waals surface area contributed by atoms with Gasteiger partial charge in [0, 0.05) is 12.8 Å². The lowest BCUT2D eigenvalue weighted by Gasteiger charge is -1.91. The van der Waals surface area contributed by atoms with Gasteiger partial charge in [-0.05, 0) is 13.0 Å². The average Bonchev–Trinajstić information content (AvgIpc) is 2.84. The lowest BCUT2D eigenvalue weighted by atomic mass is 10.2. The van der Waals surface area contributed by atoms with Crippen LogP contribution in [-0.2, 0) is 11.3 Å². The summed E-state index contributed by atoms with van der Waals surface area (Å²) in [5.74, 6) is -0.615. The van der Waals surface area contributed by atoms with Crippen LogP contribution in [0, 0.1) is 6.92 Å². The van der Waals surface area contributed by atoms with E-state index in [2.05, 4.69) is 20.2 Å². The van der Waals surface area contributed by atoms with E-state index in [-0.39, 0.29) is 12.3 Å². The molecule has 0 aliphatic carbocycles. The summed E-state index contributed by atoms with van der Waals surface area (Å²) >= 11 is 0. The number of ether oxygens (including phenoxy) is 1. The van der Waals surface area contributed by atoms with Crippen molar-refractivity contribution in [1.82, 2.24) is 20.2 Å². The van der Waals surface area contributed by atoms with Crippen LogP contribution in [0.2, 0.25) is 0 Å². The summed E-state index contributed by atoms with van der Waals surface area (Å²) in [4.78, 5) is 17.9. The van der Waals surface area contributed by atoms with Crippen LogP contribution >= 0.6 is 0 Å². The topological polar surface area (TPSA) is 104 Å². The Kier molecular flexibility index (Phi) is 2.92. The van der Waals surface area contributed by atoms with Crippen molar-refractivity contribution in [3.63, 3.8) is 0 Å². The second-order valence-corrected chi connectivity index (χ2v) is 3.58. The number of nitrogens with zero attached hydrogens (tertiary/aromatic N) is 2. The first kappa shape index (κ1) is 11.3. The largest absolute Gasteiger partial charge is 0.477 e. The van der Waals surface area contributed by atoms with Crippen molar-refractivity contribution in [3.8, 4) is 11.4 Å². The van der Waals surface area contributed by atoms with Gasteiger partial charge in [0.25, 0.3) is 0 Å². The molecular weight excluding hydrogens is 224 g/mol. The van der Waals surface area contributed by atoms with E-state index in [1.807, 2.05) is 6.92 Å². The van der Waals surface area contributed by atoms with Gasteiger partial charge in [0.2, 0.25) is 0 Å². The molecule has 0 atom stereocenters. The Bertz CT molecular complexity index is 543. The second-order valence-electron chi connectivity index (χ2n) is 3.58. The van der Waals surface area contributed by atoms with Crippen molar-refractivity contribution in [3.05, 3.63) is 23.3 Å². The molecule has 2 aromatic rings. The maximum absolute atomic E-state index is 11.1. The molecule has 0 unspecified atom stereocenters. The number of aromatic amines is 2. The minimum atomic E-state index is -1.07. The van der Waals surface area contributed by atoms with Crippen molar-refractivity contribution in [1.29, 1.82) is 0 Å². The summed E-state index contributed by atoms with van der Waals surface area (Å²) in [6.07, 6.45) is 0. The summed E-state index contributed by atoms with van der Waals surface area (Å²) < 4.78 is 4.90. The van der Waals surface area contributed by atoms with Crippen molar-refractivity contribution in [2.45, 2.75) is 13.5 Å². The number of aromatic nitrogens is 4. The summed E-state index contributed by atoms with van der Waals surface area (Å²) in [5, 5.41) is 15.8. The number of nitrogens with one attached hydrogen (secondary N) is 2. The molecule has 0 spiro atoms. The summed E-state index contributed by atoms with van der Waals surface area (Å²) in [5.41, 5.74) is 1.67. The fraction of sp³-hybridized carbons (Fsp3) is 0.300. The van der Waals surface area contributed by atoms with Gasteiger partial charge in [0.1, 0.15) is 23.8 Å². The molecule has 0 fully saturated rings. The number of aryl methyl sites for hydroxylation is 1. The van der Waals surface area contributed by atoms with E-state index in [1.165, 1.54) is 7.11 Å². The molecule has 0 bridgehead atoms. The maximum atomic E-state index is 11.1. The van der Waals surface area contributed by atoms with Gasteiger partial charge in [-0.15, -0.1) is 0 Å². The third-order valence-electron chi connectivity index (χ3n) is 2.20. The van der Waals surface area contributed by atoms with Crippen LogP contribution in [0.1, 0.15) is 22.0 Å². The Hall–Kier alpha value is -2.15.